The van der Waals surface area contributed by atoms with Crippen molar-refractivity contribution >= 4 is 27.8 Å². The number of aromatic hydroxyl groups is 1. The van der Waals surface area contributed by atoms with Crippen molar-refractivity contribution in [3.63, 3.8) is 0 Å². The maximum absolute atomic E-state index is 14.8. The van der Waals surface area contributed by atoms with E-state index in [1.165, 1.54) is 6.33 Å². The number of aromatic nitrogens is 6. The number of nitrogens with two attached hydrogens (primary N) is 1. The van der Waals surface area contributed by atoms with E-state index in [9.17, 15) is 15.0 Å². The van der Waals surface area contributed by atoms with Gasteiger partial charge in [-0.15, -0.1) is 0 Å². The first kappa shape index (κ1) is 30.6. The molecular weight excluding hydrogens is 618 g/mol. The number of aliphatic hydroxyl groups is 1. The number of phenolic OH excluding ortho intramolecular Hbond substituents is 1. The van der Waals surface area contributed by atoms with Gasteiger partial charge in [0.25, 0.3) is 5.56 Å². The molecule has 6 aromatic rings. The van der Waals surface area contributed by atoms with E-state index in [0.717, 1.165) is 29.5 Å². The lowest BCUT2D eigenvalue weighted by molar-refractivity contribution is 0.134. The van der Waals surface area contributed by atoms with Crippen LogP contribution in [0.3, 0.4) is 0 Å². The number of ether oxygens (including phenoxy) is 1. The van der Waals surface area contributed by atoms with Crippen molar-refractivity contribution in [1.82, 2.24) is 29.3 Å². The molecule has 1 aliphatic carbocycles. The van der Waals surface area contributed by atoms with Crippen LogP contribution >= 0.6 is 0 Å². The Balaban J connectivity index is 1.36. The van der Waals surface area contributed by atoms with Crippen LogP contribution in [-0.4, -0.2) is 50.7 Å². The smallest absolute Gasteiger partial charge is 0.263 e. The highest BCUT2D eigenvalue weighted by Gasteiger charge is 2.48. The van der Waals surface area contributed by atoms with Gasteiger partial charge in [-0.05, 0) is 70.4 Å². The molecule has 1 aliphatic heterocycles. The molecule has 11 nitrogen and oxygen atoms in total. The van der Waals surface area contributed by atoms with Gasteiger partial charge in [0.2, 0.25) is 0 Å². The van der Waals surface area contributed by atoms with E-state index in [2.05, 4.69) is 21.8 Å². The summed E-state index contributed by atoms with van der Waals surface area (Å²) in [5.74, 6) is 7.12. The van der Waals surface area contributed by atoms with Gasteiger partial charge in [0.1, 0.15) is 41.4 Å². The molecule has 0 spiro atoms. The Morgan fingerprint density at radius 3 is 2.53 bits per heavy atom. The first-order valence-electron chi connectivity index (χ1n) is 16.2. The molecular formula is C38H35N7O4. The number of benzene rings is 3. The maximum Gasteiger partial charge on any atom is 0.263 e. The fourth-order valence-corrected chi connectivity index (χ4v) is 6.98. The Morgan fingerprint density at radius 2 is 1.80 bits per heavy atom. The summed E-state index contributed by atoms with van der Waals surface area (Å²) in [4.78, 5) is 28.8. The first-order valence-corrected chi connectivity index (χ1v) is 16.2. The number of hydrogen-bond donors (Lipinski definition) is 3. The summed E-state index contributed by atoms with van der Waals surface area (Å²) < 4.78 is 9.63. The highest BCUT2D eigenvalue weighted by atomic mass is 16.5. The van der Waals surface area contributed by atoms with Crippen LogP contribution in [0.5, 0.6) is 11.5 Å². The Bertz CT molecular complexity index is 2440. The predicted molar refractivity (Wildman–Crippen MR) is 186 cm³/mol. The topological polar surface area (TPSA) is 154 Å². The lowest BCUT2D eigenvalue weighted by Gasteiger charge is -2.24. The minimum Gasteiger partial charge on any atom is -0.504 e. The lowest BCUT2D eigenvalue weighted by Crippen LogP contribution is -2.36. The Hall–Kier alpha value is -5.73. The van der Waals surface area contributed by atoms with Gasteiger partial charge in [-0.3, -0.25) is 9.36 Å². The van der Waals surface area contributed by atoms with Crippen molar-refractivity contribution in [3.05, 3.63) is 99.9 Å². The number of nitrogens with zero attached hydrogens (tertiary/aromatic N) is 6. The molecule has 2 aliphatic rings. The van der Waals surface area contributed by atoms with E-state index in [0.29, 0.717) is 51.2 Å². The minimum absolute atomic E-state index is 0.0592. The van der Waals surface area contributed by atoms with Crippen LogP contribution in [-0.2, 0) is 18.5 Å². The van der Waals surface area contributed by atoms with Gasteiger partial charge in [0.05, 0.1) is 21.8 Å². The van der Waals surface area contributed by atoms with Crippen molar-refractivity contribution < 1.29 is 14.9 Å². The molecule has 8 rings (SSSR count). The summed E-state index contributed by atoms with van der Waals surface area (Å²) in [6.07, 6.45) is 3.46. The Kier molecular flexibility index (Phi) is 6.64. The fourth-order valence-electron chi connectivity index (χ4n) is 6.98. The number of fused-ring (bicyclic) bond motifs is 3. The average molecular weight is 654 g/mol. The van der Waals surface area contributed by atoms with Crippen LogP contribution in [0.2, 0.25) is 0 Å². The molecule has 246 valence electrons. The van der Waals surface area contributed by atoms with Gasteiger partial charge < -0.3 is 20.7 Å². The second-order valence-electron chi connectivity index (χ2n) is 14.0. The van der Waals surface area contributed by atoms with Crippen LogP contribution < -0.4 is 16.0 Å². The van der Waals surface area contributed by atoms with E-state index >= 15 is 0 Å². The Labute approximate surface area is 282 Å². The van der Waals surface area contributed by atoms with Crippen molar-refractivity contribution in [2.45, 2.75) is 70.2 Å². The van der Waals surface area contributed by atoms with Gasteiger partial charge in [0.15, 0.2) is 17.1 Å². The van der Waals surface area contributed by atoms with Gasteiger partial charge in [-0.25, -0.2) is 19.6 Å². The highest BCUT2D eigenvalue weighted by Crippen LogP contribution is 2.50. The van der Waals surface area contributed by atoms with E-state index in [-0.39, 0.29) is 23.7 Å². The number of anilines is 1. The van der Waals surface area contributed by atoms with Crippen molar-refractivity contribution in [2.24, 2.45) is 0 Å². The molecule has 4 N–H and O–H groups in total. The molecule has 3 aromatic heterocycles. The van der Waals surface area contributed by atoms with Gasteiger partial charge in [-0.1, -0.05) is 48.2 Å². The standard InChI is InChI=1S/C38H35N7O4/c1-36(2,48)16-15-22-9-8-12-26-29(22)35(47)45(38(17-18-38)23-10-6-5-7-11-23)28(42-26)20-44-34-30(33(39)40-21-41-34)31(43-44)24-13-14-27(46)32-25(24)19-37(3,4)49-32/h5-14,21,46,48H,17-20H2,1-4H3,(H2,39,40,41). The molecule has 3 aromatic carbocycles. The molecule has 0 atom stereocenters. The monoisotopic (exact) mass is 653 g/mol. The normalized spacial score (nSPS) is 15.9. The molecule has 49 heavy (non-hydrogen) atoms. The molecule has 0 unspecified atom stereocenters. The molecule has 1 saturated carbocycles. The quantitative estimate of drug-likeness (QED) is 0.220. The number of hydrogen-bond acceptors (Lipinski definition) is 9. The number of rotatable bonds is 5. The van der Waals surface area contributed by atoms with Gasteiger partial charge in [0, 0.05) is 23.1 Å². The van der Waals surface area contributed by atoms with Crippen LogP contribution in [0.1, 0.15) is 63.1 Å². The SMILES string of the molecule is CC(C)(O)C#Cc1cccc2nc(Cn3nc(-c4ccc(O)c5c4CC(C)(C)O5)c4c(N)ncnc43)n(C3(c4ccccc4)CC3)c(=O)c12. The van der Waals surface area contributed by atoms with E-state index < -0.39 is 16.7 Å². The molecule has 11 heteroatoms. The molecule has 0 radical (unpaired) electrons. The Morgan fingerprint density at radius 1 is 1.02 bits per heavy atom. The second-order valence-corrected chi connectivity index (χ2v) is 14.0. The summed E-state index contributed by atoms with van der Waals surface area (Å²) in [5, 5.41) is 27.0. The summed E-state index contributed by atoms with van der Waals surface area (Å²) in [6.45, 7) is 7.25. The second kappa shape index (κ2) is 10.6. The van der Waals surface area contributed by atoms with Crippen LogP contribution in [0.15, 0.2) is 71.8 Å². The van der Waals surface area contributed by atoms with E-state index in [4.69, 9.17) is 20.6 Å². The highest BCUT2D eigenvalue weighted by molar-refractivity contribution is 5.99. The zero-order chi connectivity index (χ0) is 34.3. The minimum atomic E-state index is -1.24. The summed E-state index contributed by atoms with van der Waals surface area (Å²) in [5.41, 5.74) is 8.53. The van der Waals surface area contributed by atoms with E-state index in [1.54, 1.807) is 41.3 Å². The third-order valence-corrected chi connectivity index (χ3v) is 9.26. The van der Waals surface area contributed by atoms with Crippen molar-refractivity contribution in [1.29, 1.82) is 0 Å². The molecule has 4 heterocycles. The first-order chi connectivity index (χ1) is 23.4. The third kappa shape index (κ3) is 5.07. The molecule has 0 amide bonds. The zero-order valence-corrected chi connectivity index (χ0v) is 27.7. The zero-order valence-electron chi connectivity index (χ0n) is 27.7. The average Bonchev–Trinajstić information content (AvgIpc) is 3.66. The van der Waals surface area contributed by atoms with Crippen molar-refractivity contribution in [3.8, 4) is 34.6 Å². The number of phenols is 1. The van der Waals surface area contributed by atoms with Gasteiger partial charge >= 0.3 is 0 Å². The fraction of sp³-hybridized carbons (Fsp3) is 0.289. The van der Waals surface area contributed by atoms with E-state index in [1.807, 2.05) is 56.3 Å². The molecule has 1 fully saturated rings. The predicted octanol–water partition coefficient (Wildman–Crippen LogP) is 4.91. The lowest BCUT2D eigenvalue weighted by atomic mass is 9.95. The van der Waals surface area contributed by atoms with Crippen LogP contribution in [0, 0.1) is 11.8 Å². The molecule has 0 saturated heterocycles. The summed E-state index contributed by atoms with van der Waals surface area (Å²) in [7, 11) is 0. The third-order valence-electron chi connectivity index (χ3n) is 9.26. The summed E-state index contributed by atoms with van der Waals surface area (Å²) in [6, 6.07) is 18.8. The largest absolute Gasteiger partial charge is 0.504 e. The molecule has 0 bridgehead atoms. The van der Waals surface area contributed by atoms with Crippen LogP contribution in [0.25, 0.3) is 33.2 Å². The maximum atomic E-state index is 14.8. The van der Waals surface area contributed by atoms with Gasteiger partial charge in [-0.2, -0.15) is 5.10 Å². The number of nitrogen functional groups attached to an aromatic ring is 1. The van der Waals surface area contributed by atoms with Crippen molar-refractivity contribution in [2.75, 3.05) is 5.73 Å². The summed E-state index contributed by atoms with van der Waals surface area (Å²) >= 11 is 0. The van der Waals surface area contributed by atoms with Crippen LogP contribution in [0.4, 0.5) is 5.82 Å².